The highest BCUT2D eigenvalue weighted by molar-refractivity contribution is 6.30. The molecule has 1 atom stereocenters. The molecule has 0 bridgehead atoms. The summed E-state index contributed by atoms with van der Waals surface area (Å²) in [5.74, 6) is -0.903. The van der Waals surface area contributed by atoms with Crippen LogP contribution >= 0.6 is 11.6 Å². The Kier molecular flexibility index (Phi) is 5.46. The van der Waals surface area contributed by atoms with Crippen LogP contribution in [0.1, 0.15) is 22.3 Å². The lowest BCUT2D eigenvalue weighted by atomic mass is 9.88. The molecule has 0 radical (unpaired) electrons. The Morgan fingerprint density at radius 3 is 1.81 bits per heavy atom. The van der Waals surface area contributed by atoms with Gasteiger partial charge >= 0.3 is 18.5 Å². The molecule has 13 heteroatoms. The standard InChI is InChI=1S/C18H8ClF10NO/c19-12-3-8(1-2-13(12)20)14-7-15(31-30-14,18(27,28)29)9-4-10(16(21,22)23)6-11(5-9)17(24,25)26/h1-7,30H. The van der Waals surface area contributed by atoms with E-state index < -0.39 is 57.4 Å². The summed E-state index contributed by atoms with van der Waals surface area (Å²) in [6.07, 6.45) is -16.0. The van der Waals surface area contributed by atoms with Gasteiger partial charge in [-0.1, -0.05) is 11.6 Å². The van der Waals surface area contributed by atoms with Crippen LogP contribution in [0.4, 0.5) is 43.9 Å². The van der Waals surface area contributed by atoms with Gasteiger partial charge in [-0.15, -0.1) is 0 Å². The maximum atomic E-state index is 13.9. The molecular formula is C18H8ClF10NO. The van der Waals surface area contributed by atoms with E-state index in [-0.39, 0.29) is 29.8 Å². The fourth-order valence-electron chi connectivity index (χ4n) is 2.82. The summed E-state index contributed by atoms with van der Waals surface area (Å²) in [7, 11) is 0. The zero-order chi connectivity index (χ0) is 23.4. The van der Waals surface area contributed by atoms with E-state index >= 15 is 0 Å². The predicted molar refractivity (Wildman–Crippen MR) is 87.8 cm³/mol. The van der Waals surface area contributed by atoms with Crippen molar-refractivity contribution in [3.63, 3.8) is 0 Å². The molecule has 2 aromatic rings. The lowest BCUT2D eigenvalue weighted by Crippen LogP contribution is -2.43. The van der Waals surface area contributed by atoms with Crippen molar-refractivity contribution in [3.8, 4) is 0 Å². The molecular weight excluding hydrogens is 472 g/mol. The van der Waals surface area contributed by atoms with Crippen LogP contribution in [0.25, 0.3) is 5.70 Å². The van der Waals surface area contributed by atoms with E-state index in [4.69, 9.17) is 11.6 Å². The van der Waals surface area contributed by atoms with Crippen molar-refractivity contribution < 1.29 is 48.7 Å². The smallest absolute Gasteiger partial charge is 0.265 e. The van der Waals surface area contributed by atoms with Gasteiger partial charge in [-0.05, 0) is 42.5 Å². The summed E-state index contributed by atoms with van der Waals surface area (Å²) in [6, 6.07) is 2.23. The van der Waals surface area contributed by atoms with Gasteiger partial charge in [-0.3, -0.25) is 10.3 Å². The average molecular weight is 480 g/mol. The minimum atomic E-state index is -5.49. The van der Waals surface area contributed by atoms with Crippen molar-refractivity contribution in [1.82, 2.24) is 5.48 Å². The quantitative estimate of drug-likeness (QED) is 0.476. The van der Waals surface area contributed by atoms with Crippen LogP contribution in [0.3, 0.4) is 0 Å². The summed E-state index contributed by atoms with van der Waals surface area (Å²) in [6.45, 7) is 0. The lowest BCUT2D eigenvalue weighted by Gasteiger charge is -2.29. The second kappa shape index (κ2) is 7.30. The van der Waals surface area contributed by atoms with E-state index in [1.807, 2.05) is 5.48 Å². The summed E-state index contributed by atoms with van der Waals surface area (Å²) >= 11 is 5.57. The van der Waals surface area contributed by atoms with Gasteiger partial charge in [0.25, 0.3) is 0 Å². The summed E-state index contributed by atoms with van der Waals surface area (Å²) in [4.78, 5) is 4.52. The molecule has 0 aromatic heterocycles. The second-order valence-corrected chi connectivity index (χ2v) is 6.83. The molecule has 1 aliphatic heterocycles. The van der Waals surface area contributed by atoms with Crippen LogP contribution in [0.2, 0.25) is 5.02 Å². The molecule has 2 aromatic carbocycles. The van der Waals surface area contributed by atoms with E-state index in [2.05, 4.69) is 4.84 Å². The first-order valence-corrected chi connectivity index (χ1v) is 8.41. The van der Waals surface area contributed by atoms with Gasteiger partial charge in [-0.25, -0.2) is 4.39 Å². The molecule has 168 valence electrons. The number of hydroxylamine groups is 1. The fraction of sp³-hybridized carbons (Fsp3) is 0.222. The van der Waals surface area contributed by atoms with Crippen molar-refractivity contribution in [1.29, 1.82) is 0 Å². The average Bonchev–Trinajstić information content (AvgIpc) is 3.09. The maximum absolute atomic E-state index is 13.9. The number of hydrogen-bond acceptors (Lipinski definition) is 2. The molecule has 3 rings (SSSR count). The van der Waals surface area contributed by atoms with Crippen LogP contribution in [0.5, 0.6) is 0 Å². The van der Waals surface area contributed by atoms with E-state index in [0.717, 1.165) is 18.2 Å². The molecule has 0 fully saturated rings. The van der Waals surface area contributed by atoms with Gasteiger partial charge in [0, 0.05) is 11.1 Å². The van der Waals surface area contributed by atoms with Crippen molar-refractivity contribution >= 4 is 17.3 Å². The number of hydrogen-bond donors (Lipinski definition) is 1. The maximum Gasteiger partial charge on any atom is 0.428 e. The topological polar surface area (TPSA) is 21.3 Å². The fourth-order valence-corrected chi connectivity index (χ4v) is 3.00. The van der Waals surface area contributed by atoms with Crippen LogP contribution < -0.4 is 5.48 Å². The number of nitrogens with one attached hydrogen (secondary N) is 1. The SMILES string of the molecule is Fc1ccc(C2=CC(c3cc(C(F)(F)F)cc(C(F)(F)F)c3)(C(F)(F)F)ON2)cc1Cl. The first-order chi connectivity index (χ1) is 14.0. The Labute approximate surface area is 172 Å². The van der Waals surface area contributed by atoms with Crippen molar-refractivity contribution in [2.24, 2.45) is 0 Å². The summed E-state index contributed by atoms with van der Waals surface area (Å²) in [5, 5.41) is -0.483. The number of rotatable bonds is 2. The monoisotopic (exact) mass is 479 g/mol. The normalized spacial score (nSPS) is 19.9. The first kappa shape index (κ1) is 23.2. The first-order valence-electron chi connectivity index (χ1n) is 8.03. The Morgan fingerprint density at radius 2 is 1.35 bits per heavy atom. The van der Waals surface area contributed by atoms with Gasteiger partial charge in [0.15, 0.2) is 0 Å². The Morgan fingerprint density at radius 1 is 0.806 bits per heavy atom. The third-order valence-corrected chi connectivity index (χ3v) is 4.63. The predicted octanol–water partition coefficient (Wildman–Crippen LogP) is 6.85. The minimum absolute atomic E-state index is 0.0819. The van der Waals surface area contributed by atoms with Crippen molar-refractivity contribution in [2.75, 3.05) is 0 Å². The van der Waals surface area contributed by atoms with Gasteiger partial charge in [-0.2, -0.15) is 39.5 Å². The molecule has 0 saturated heterocycles. The largest absolute Gasteiger partial charge is 0.428 e. The summed E-state index contributed by atoms with van der Waals surface area (Å²) in [5.41, 5.74) is -7.88. The van der Waals surface area contributed by atoms with Crippen LogP contribution in [0.15, 0.2) is 42.5 Å². The van der Waals surface area contributed by atoms with Crippen LogP contribution in [-0.2, 0) is 22.8 Å². The molecule has 31 heavy (non-hydrogen) atoms. The van der Waals surface area contributed by atoms with Crippen molar-refractivity contribution in [2.45, 2.75) is 24.1 Å². The van der Waals surface area contributed by atoms with Gasteiger partial charge in [0.1, 0.15) is 5.82 Å². The lowest BCUT2D eigenvalue weighted by molar-refractivity contribution is -0.269. The molecule has 0 aliphatic carbocycles. The zero-order valence-corrected chi connectivity index (χ0v) is 15.4. The van der Waals surface area contributed by atoms with Crippen molar-refractivity contribution in [3.05, 3.63) is 75.6 Å². The van der Waals surface area contributed by atoms with Crippen LogP contribution in [-0.4, -0.2) is 6.18 Å². The van der Waals surface area contributed by atoms with Gasteiger partial charge in [0.2, 0.25) is 5.60 Å². The van der Waals surface area contributed by atoms with Gasteiger partial charge in [0.05, 0.1) is 21.8 Å². The Balaban J connectivity index is 2.25. The second-order valence-electron chi connectivity index (χ2n) is 6.42. The third-order valence-electron chi connectivity index (χ3n) is 4.34. The van der Waals surface area contributed by atoms with E-state index in [0.29, 0.717) is 0 Å². The highest BCUT2D eigenvalue weighted by Gasteiger charge is 2.60. The van der Waals surface area contributed by atoms with Crippen LogP contribution in [0, 0.1) is 5.82 Å². The molecule has 0 amide bonds. The molecule has 1 heterocycles. The number of benzene rings is 2. The molecule has 1 N–H and O–H groups in total. The summed E-state index contributed by atoms with van der Waals surface area (Å²) < 4.78 is 134. The molecule has 1 aliphatic rings. The highest BCUT2D eigenvalue weighted by atomic mass is 35.5. The highest BCUT2D eigenvalue weighted by Crippen LogP contribution is 2.49. The third kappa shape index (κ3) is 4.31. The number of alkyl halides is 9. The molecule has 0 spiro atoms. The molecule has 2 nitrogen and oxygen atoms in total. The van der Waals surface area contributed by atoms with E-state index in [1.54, 1.807) is 0 Å². The number of halogens is 11. The molecule has 1 unspecified atom stereocenters. The minimum Gasteiger partial charge on any atom is -0.265 e. The Hall–Kier alpha value is -2.47. The van der Waals surface area contributed by atoms with E-state index in [1.165, 1.54) is 0 Å². The molecule has 0 saturated carbocycles. The van der Waals surface area contributed by atoms with Gasteiger partial charge < -0.3 is 0 Å². The zero-order valence-electron chi connectivity index (χ0n) is 14.6. The Bertz CT molecular complexity index is 1010. The van der Waals surface area contributed by atoms with E-state index in [9.17, 15) is 43.9 Å².